The van der Waals surface area contributed by atoms with Crippen LogP contribution in [-0.2, 0) is 9.59 Å². The quantitative estimate of drug-likeness (QED) is 0.597. The zero-order valence-corrected chi connectivity index (χ0v) is 11.6. The minimum atomic E-state index is -0.0221. The lowest BCUT2D eigenvalue weighted by molar-refractivity contribution is -0.120. The molecule has 100 valence electrons. The summed E-state index contributed by atoms with van der Waals surface area (Å²) < 4.78 is 0. The van der Waals surface area contributed by atoms with Crippen molar-refractivity contribution in [3.05, 3.63) is 0 Å². The van der Waals surface area contributed by atoms with Gasteiger partial charge in [0.1, 0.15) is 5.78 Å². The highest BCUT2D eigenvalue weighted by Crippen LogP contribution is 2.10. The molecule has 0 bridgehead atoms. The monoisotopic (exact) mass is 241 g/mol. The van der Waals surface area contributed by atoms with Crippen molar-refractivity contribution in [2.45, 2.75) is 65.7 Å². The third-order valence-corrected chi connectivity index (χ3v) is 2.74. The molecule has 0 aromatic heterocycles. The second kappa shape index (κ2) is 10.3. The van der Waals surface area contributed by atoms with E-state index in [1.165, 1.54) is 19.8 Å². The van der Waals surface area contributed by atoms with Gasteiger partial charge in [-0.3, -0.25) is 9.59 Å². The van der Waals surface area contributed by atoms with Crippen LogP contribution in [-0.4, -0.2) is 18.2 Å². The smallest absolute Gasteiger partial charge is 0.216 e. The highest BCUT2D eigenvalue weighted by Gasteiger charge is 2.02. The summed E-state index contributed by atoms with van der Waals surface area (Å²) in [6.07, 6.45) is 6.75. The fraction of sp³-hybridized carbons (Fsp3) is 0.857. The van der Waals surface area contributed by atoms with Gasteiger partial charge in [-0.1, -0.05) is 33.1 Å². The van der Waals surface area contributed by atoms with E-state index in [0.717, 1.165) is 25.2 Å². The van der Waals surface area contributed by atoms with Gasteiger partial charge in [0, 0.05) is 26.3 Å². The van der Waals surface area contributed by atoms with Gasteiger partial charge in [0.2, 0.25) is 5.91 Å². The van der Waals surface area contributed by atoms with Crippen LogP contribution in [0.5, 0.6) is 0 Å². The van der Waals surface area contributed by atoms with Crippen LogP contribution in [0.4, 0.5) is 0 Å². The zero-order valence-electron chi connectivity index (χ0n) is 11.6. The van der Waals surface area contributed by atoms with Gasteiger partial charge in [0.05, 0.1) is 0 Å². The van der Waals surface area contributed by atoms with Crippen LogP contribution in [0.15, 0.2) is 0 Å². The Morgan fingerprint density at radius 1 is 1.00 bits per heavy atom. The summed E-state index contributed by atoms with van der Waals surface area (Å²) in [7, 11) is 0. The van der Waals surface area contributed by atoms with Crippen LogP contribution in [0.25, 0.3) is 0 Å². The molecule has 0 unspecified atom stereocenters. The Morgan fingerprint density at radius 2 is 1.65 bits per heavy atom. The Kier molecular flexibility index (Phi) is 9.78. The molecule has 0 aromatic rings. The maximum Gasteiger partial charge on any atom is 0.216 e. The third kappa shape index (κ3) is 13.1. The Hall–Kier alpha value is -0.860. The van der Waals surface area contributed by atoms with Crippen molar-refractivity contribution < 1.29 is 9.59 Å². The molecule has 0 atom stereocenters. The fourth-order valence-corrected chi connectivity index (χ4v) is 1.73. The molecule has 0 aromatic carbocycles. The maximum atomic E-state index is 11.5. The van der Waals surface area contributed by atoms with Crippen molar-refractivity contribution in [3.63, 3.8) is 0 Å². The first kappa shape index (κ1) is 16.1. The molecule has 0 rings (SSSR count). The lowest BCUT2D eigenvalue weighted by Gasteiger charge is -2.04. The number of hydrogen-bond donors (Lipinski definition) is 1. The van der Waals surface area contributed by atoms with E-state index in [1.807, 2.05) is 0 Å². The number of amides is 1. The highest BCUT2D eigenvalue weighted by atomic mass is 16.1. The highest BCUT2D eigenvalue weighted by molar-refractivity contribution is 5.78. The first-order valence-electron chi connectivity index (χ1n) is 6.78. The molecule has 0 radical (unpaired) electrons. The molecular weight excluding hydrogens is 214 g/mol. The van der Waals surface area contributed by atoms with Crippen LogP contribution in [0, 0.1) is 5.92 Å². The number of nitrogens with one attached hydrogen (secondary N) is 1. The molecule has 0 heterocycles. The van der Waals surface area contributed by atoms with Crippen LogP contribution < -0.4 is 5.32 Å². The van der Waals surface area contributed by atoms with E-state index in [4.69, 9.17) is 0 Å². The molecule has 0 aliphatic heterocycles. The lowest BCUT2D eigenvalue weighted by atomic mass is 10.0. The summed E-state index contributed by atoms with van der Waals surface area (Å²) in [4.78, 5) is 22.1. The minimum absolute atomic E-state index is 0.0221. The second-order valence-electron chi connectivity index (χ2n) is 5.12. The van der Waals surface area contributed by atoms with Gasteiger partial charge in [-0.05, 0) is 18.8 Å². The van der Waals surface area contributed by atoms with Gasteiger partial charge in [-0.25, -0.2) is 0 Å². The van der Waals surface area contributed by atoms with Crippen LogP contribution in [0.3, 0.4) is 0 Å². The van der Waals surface area contributed by atoms with Gasteiger partial charge in [0.25, 0.3) is 0 Å². The number of carbonyl (C=O) groups is 2. The molecule has 1 N–H and O–H groups in total. The van der Waals surface area contributed by atoms with E-state index < -0.39 is 0 Å². The molecule has 1 amide bonds. The number of hydrogen-bond acceptors (Lipinski definition) is 2. The first-order chi connectivity index (χ1) is 8.02. The molecule has 0 saturated carbocycles. The topological polar surface area (TPSA) is 46.2 Å². The average molecular weight is 241 g/mol. The van der Waals surface area contributed by atoms with Crippen molar-refractivity contribution >= 4 is 11.7 Å². The number of carbonyl (C=O) groups excluding carboxylic acids is 2. The van der Waals surface area contributed by atoms with E-state index in [9.17, 15) is 9.59 Å². The minimum Gasteiger partial charge on any atom is -0.356 e. The van der Waals surface area contributed by atoms with Gasteiger partial charge in [-0.2, -0.15) is 0 Å². The van der Waals surface area contributed by atoms with Crippen molar-refractivity contribution in [3.8, 4) is 0 Å². The standard InChI is InChI=1S/C14H27NO2/c1-12(2)8-5-4-6-9-14(17)10-7-11-15-13(3)16/h12H,4-11H2,1-3H3,(H,15,16). The Morgan fingerprint density at radius 3 is 2.24 bits per heavy atom. The van der Waals surface area contributed by atoms with Crippen molar-refractivity contribution in [1.29, 1.82) is 0 Å². The van der Waals surface area contributed by atoms with E-state index >= 15 is 0 Å². The predicted molar refractivity (Wildman–Crippen MR) is 70.8 cm³/mol. The van der Waals surface area contributed by atoms with Crippen molar-refractivity contribution in [2.24, 2.45) is 5.92 Å². The molecule has 0 fully saturated rings. The number of ketones is 1. The SMILES string of the molecule is CC(=O)NCCCC(=O)CCCCCC(C)C. The van der Waals surface area contributed by atoms with E-state index in [-0.39, 0.29) is 5.91 Å². The zero-order chi connectivity index (χ0) is 13.1. The van der Waals surface area contributed by atoms with Gasteiger partial charge in [-0.15, -0.1) is 0 Å². The molecule has 0 aliphatic carbocycles. The normalized spacial score (nSPS) is 10.6. The number of unbranched alkanes of at least 4 members (excludes halogenated alkanes) is 2. The second-order valence-corrected chi connectivity index (χ2v) is 5.12. The Balaban J connectivity index is 3.26. The Labute approximate surface area is 105 Å². The summed E-state index contributed by atoms with van der Waals surface area (Å²) in [5, 5.41) is 2.70. The summed E-state index contributed by atoms with van der Waals surface area (Å²) in [6.45, 7) is 6.57. The largest absolute Gasteiger partial charge is 0.356 e. The molecule has 0 saturated heterocycles. The molecular formula is C14H27NO2. The molecule has 3 heteroatoms. The summed E-state index contributed by atoms with van der Waals surface area (Å²) in [6, 6.07) is 0. The molecule has 0 aliphatic rings. The van der Waals surface area contributed by atoms with Gasteiger partial charge >= 0.3 is 0 Å². The molecule has 0 spiro atoms. The van der Waals surface area contributed by atoms with Gasteiger partial charge in [0.15, 0.2) is 0 Å². The van der Waals surface area contributed by atoms with Crippen LogP contribution in [0.2, 0.25) is 0 Å². The summed E-state index contributed by atoms with van der Waals surface area (Å²) >= 11 is 0. The predicted octanol–water partition coefficient (Wildman–Crippen LogP) is 3.08. The summed E-state index contributed by atoms with van der Waals surface area (Å²) in [5.41, 5.74) is 0. The molecule has 3 nitrogen and oxygen atoms in total. The average Bonchev–Trinajstić information content (AvgIpc) is 2.23. The number of rotatable bonds is 10. The van der Waals surface area contributed by atoms with E-state index in [2.05, 4.69) is 19.2 Å². The number of Topliss-reactive ketones (excluding diaryl/α,β-unsaturated/α-hetero) is 1. The Bertz CT molecular complexity index is 224. The summed E-state index contributed by atoms with van der Waals surface area (Å²) in [5.74, 6) is 1.08. The van der Waals surface area contributed by atoms with Crippen LogP contribution in [0.1, 0.15) is 65.7 Å². The van der Waals surface area contributed by atoms with Gasteiger partial charge < -0.3 is 5.32 Å². The van der Waals surface area contributed by atoms with E-state index in [0.29, 0.717) is 25.2 Å². The third-order valence-electron chi connectivity index (χ3n) is 2.74. The van der Waals surface area contributed by atoms with Crippen molar-refractivity contribution in [1.82, 2.24) is 5.32 Å². The fourth-order valence-electron chi connectivity index (χ4n) is 1.73. The first-order valence-corrected chi connectivity index (χ1v) is 6.78. The molecule has 17 heavy (non-hydrogen) atoms. The van der Waals surface area contributed by atoms with Crippen molar-refractivity contribution in [2.75, 3.05) is 6.54 Å². The van der Waals surface area contributed by atoms with Crippen LogP contribution >= 0.6 is 0 Å². The lowest BCUT2D eigenvalue weighted by Crippen LogP contribution is -2.21. The van der Waals surface area contributed by atoms with E-state index in [1.54, 1.807) is 0 Å². The maximum absolute atomic E-state index is 11.5.